The summed E-state index contributed by atoms with van der Waals surface area (Å²) in [7, 11) is -3.57. The molecule has 0 aliphatic heterocycles. The Morgan fingerprint density at radius 2 is 1.43 bits per heavy atom. The fraction of sp³-hybridized carbons (Fsp3) is 0.412. The molecular formula is C34H45N3O4S. The minimum atomic E-state index is -3.57. The molecule has 0 bridgehead atoms. The zero-order valence-electron chi connectivity index (χ0n) is 26.0. The van der Waals surface area contributed by atoms with Crippen molar-refractivity contribution in [3.05, 3.63) is 101 Å². The van der Waals surface area contributed by atoms with Gasteiger partial charge in [-0.25, -0.2) is 8.42 Å². The van der Waals surface area contributed by atoms with E-state index in [2.05, 4.69) is 5.32 Å². The largest absolute Gasteiger partial charge is 0.350 e. The molecule has 0 aliphatic carbocycles. The number of aryl methyl sites for hydroxylation is 3. The molecule has 1 N–H and O–H groups in total. The van der Waals surface area contributed by atoms with Crippen molar-refractivity contribution in [3.8, 4) is 0 Å². The van der Waals surface area contributed by atoms with E-state index in [0.717, 1.165) is 27.8 Å². The average Bonchev–Trinajstić information content (AvgIpc) is 2.88. The van der Waals surface area contributed by atoms with Crippen molar-refractivity contribution in [1.29, 1.82) is 0 Å². The van der Waals surface area contributed by atoms with Crippen LogP contribution in [0.2, 0.25) is 0 Å². The maximum absolute atomic E-state index is 14.0. The monoisotopic (exact) mass is 591 g/mol. The first-order valence-electron chi connectivity index (χ1n) is 14.4. The summed E-state index contributed by atoms with van der Waals surface area (Å²) >= 11 is 0. The van der Waals surface area contributed by atoms with Gasteiger partial charge >= 0.3 is 0 Å². The fourth-order valence-corrected chi connectivity index (χ4v) is 5.94. The molecule has 1 atom stereocenters. The summed E-state index contributed by atoms with van der Waals surface area (Å²) in [6, 6.07) is 22.5. The quantitative estimate of drug-likeness (QED) is 0.292. The van der Waals surface area contributed by atoms with Gasteiger partial charge in [0.15, 0.2) is 0 Å². The van der Waals surface area contributed by atoms with Crippen LogP contribution in [0.25, 0.3) is 0 Å². The zero-order chi connectivity index (χ0) is 31.1. The Balaban J connectivity index is 1.91. The van der Waals surface area contributed by atoms with Gasteiger partial charge in [-0.2, -0.15) is 0 Å². The van der Waals surface area contributed by atoms with Crippen molar-refractivity contribution >= 4 is 27.5 Å². The molecule has 2 amide bonds. The lowest BCUT2D eigenvalue weighted by Crippen LogP contribution is -2.54. The summed E-state index contributed by atoms with van der Waals surface area (Å²) in [5.74, 6) is -0.422. The molecule has 42 heavy (non-hydrogen) atoms. The predicted octanol–water partition coefficient (Wildman–Crippen LogP) is 5.71. The Kier molecular flexibility index (Phi) is 11.0. The number of amides is 2. The van der Waals surface area contributed by atoms with Crippen molar-refractivity contribution < 1.29 is 18.0 Å². The maximum atomic E-state index is 14.0. The normalized spacial score (nSPS) is 12.5. The summed E-state index contributed by atoms with van der Waals surface area (Å²) in [6.07, 6.45) is 1.94. The molecular weight excluding hydrogens is 546 g/mol. The van der Waals surface area contributed by atoms with Crippen LogP contribution in [0.1, 0.15) is 61.4 Å². The number of carbonyl (C=O) groups excluding carboxylic acids is 2. The number of hydrogen-bond acceptors (Lipinski definition) is 4. The molecule has 8 heteroatoms. The van der Waals surface area contributed by atoms with Crippen molar-refractivity contribution in [2.45, 2.75) is 78.9 Å². The van der Waals surface area contributed by atoms with E-state index in [0.29, 0.717) is 18.5 Å². The van der Waals surface area contributed by atoms with E-state index in [-0.39, 0.29) is 31.3 Å². The van der Waals surface area contributed by atoms with E-state index in [9.17, 15) is 18.0 Å². The van der Waals surface area contributed by atoms with Crippen LogP contribution >= 0.6 is 0 Å². The molecule has 3 aromatic carbocycles. The van der Waals surface area contributed by atoms with Gasteiger partial charge in [0.25, 0.3) is 0 Å². The fourth-order valence-electron chi connectivity index (χ4n) is 5.00. The molecule has 0 spiro atoms. The molecule has 0 aliphatic rings. The van der Waals surface area contributed by atoms with E-state index >= 15 is 0 Å². The second-order valence-corrected chi connectivity index (χ2v) is 14.1. The van der Waals surface area contributed by atoms with Gasteiger partial charge in [-0.3, -0.25) is 13.9 Å². The van der Waals surface area contributed by atoms with Gasteiger partial charge in [-0.15, -0.1) is 0 Å². The number of nitrogens with zero attached hydrogens (tertiary/aromatic N) is 2. The highest BCUT2D eigenvalue weighted by Crippen LogP contribution is 2.23. The van der Waals surface area contributed by atoms with E-state index in [1.54, 1.807) is 4.90 Å². The van der Waals surface area contributed by atoms with E-state index in [4.69, 9.17) is 0 Å². The van der Waals surface area contributed by atoms with E-state index in [1.165, 1.54) is 10.6 Å². The Labute approximate surface area is 252 Å². The second kappa shape index (κ2) is 14.0. The topological polar surface area (TPSA) is 86.8 Å². The smallest absolute Gasteiger partial charge is 0.243 e. The molecule has 7 nitrogen and oxygen atoms in total. The van der Waals surface area contributed by atoms with Crippen molar-refractivity contribution in [1.82, 2.24) is 10.2 Å². The minimum Gasteiger partial charge on any atom is -0.350 e. The number of nitrogens with one attached hydrogen (secondary N) is 1. The highest BCUT2D eigenvalue weighted by atomic mass is 32.2. The highest BCUT2D eigenvalue weighted by molar-refractivity contribution is 7.92. The van der Waals surface area contributed by atoms with Crippen LogP contribution < -0.4 is 9.62 Å². The van der Waals surface area contributed by atoms with Gasteiger partial charge in [0.1, 0.15) is 6.04 Å². The summed E-state index contributed by atoms with van der Waals surface area (Å²) in [5, 5.41) is 3.08. The lowest BCUT2D eigenvalue weighted by molar-refractivity contribution is -0.142. The molecule has 226 valence electrons. The Morgan fingerprint density at radius 3 is 1.98 bits per heavy atom. The molecule has 3 rings (SSSR count). The Hall–Kier alpha value is -3.65. The Bertz CT molecular complexity index is 1440. The van der Waals surface area contributed by atoms with Crippen molar-refractivity contribution in [3.63, 3.8) is 0 Å². The first-order chi connectivity index (χ1) is 19.6. The van der Waals surface area contributed by atoms with Gasteiger partial charge in [0.2, 0.25) is 21.8 Å². The van der Waals surface area contributed by atoms with Crippen LogP contribution in [0, 0.1) is 20.8 Å². The van der Waals surface area contributed by atoms with Crippen molar-refractivity contribution in [2.24, 2.45) is 0 Å². The minimum absolute atomic E-state index is 0.0940. The average molecular weight is 592 g/mol. The van der Waals surface area contributed by atoms with Crippen LogP contribution in [0.4, 0.5) is 5.69 Å². The van der Waals surface area contributed by atoms with Crippen LogP contribution in [-0.2, 0) is 32.6 Å². The summed E-state index contributed by atoms with van der Waals surface area (Å²) in [6.45, 7) is 12.0. The summed E-state index contributed by atoms with van der Waals surface area (Å²) in [4.78, 5) is 29.3. The number of benzene rings is 3. The Morgan fingerprint density at radius 1 is 0.833 bits per heavy atom. The SMILES string of the molecule is Cc1ccc(CN(C(=O)CCCN(c2cc(C)cc(C)c2)S(C)(=O)=O)[C@H](Cc2ccccc2)C(=O)NC(C)(C)C)cc1. The molecule has 0 radical (unpaired) electrons. The van der Waals surface area contributed by atoms with Crippen LogP contribution in [0.5, 0.6) is 0 Å². The first kappa shape index (κ1) is 32.9. The third kappa shape index (κ3) is 10.0. The van der Waals surface area contributed by atoms with Gasteiger partial charge in [-0.1, -0.05) is 66.2 Å². The second-order valence-electron chi connectivity index (χ2n) is 12.2. The molecule has 0 heterocycles. The molecule has 3 aromatic rings. The van der Waals surface area contributed by atoms with E-state index < -0.39 is 21.6 Å². The number of sulfonamides is 1. The number of hydrogen-bond donors (Lipinski definition) is 1. The van der Waals surface area contributed by atoms with Gasteiger partial charge in [0, 0.05) is 31.5 Å². The molecule has 0 unspecified atom stereocenters. The molecule has 0 fully saturated rings. The van der Waals surface area contributed by atoms with Crippen LogP contribution in [0.15, 0.2) is 72.8 Å². The predicted molar refractivity (Wildman–Crippen MR) is 171 cm³/mol. The molecule has 0 aromatic heterocycles. The highest BCUT2D eigenvalue weighted by Gasteiger charge is 2.32. The van der Waals surface area contributed by atoms with Crippen LogP contribution in [0.3, 0.4) is 0 Å². The molecule has 0 saturated heterocycles. The van der Waals surface area contributed by atoms with Crippen LogP contribution in [-0.4, -0.2) is 49.5 Å². The number of anilines is 1. The first-order valence-corrected chi connectivity index (χ1v) is 16.2. The third-order valence-electron chi connectivity index (χ3n) is 6.89. The lowest BCUT2D eigenvalue weighted by atomic mass is 10.00. The standard InChI is InChI=1S/C34H45N3O4S/c1-25-15-17-29(18-16-25)24-36(31(33(39)35-34(4,5)6)23-28-12-9-8-10-13-28)32(38)14-11-19-37(42(7,40)41)30-21-26(2)20-27(3)22-30/h8-10,12-13,15-18,20-22,31H,11,14,19,23-24H2,1-7H3,(H,35,39)/t31-/m1/s1. The van der Waals surface area contributed by atoms with Gasteiger partial charge in [0.05, 0.1) is 11.9 Å². The number of carbonyl (C=O) groups is 2. The molecule has 0 saturated carbocycles. The van der Waals surface area contributed by atoms with Gasteiger partial charge < -0.3 is 10.2 Å². The zero-order valence-corrected chi connectivity index (χ0v) is 26.8. The van der Waals surface area contributed by atoms with Gasteiger partial charge in [-0.05, 0) is 82.3 Å². The summed E-state index contributed by atoms with van der Waals surface area (Å²) < 4.78 is 26.8. The number of rotatable bonds is 12. The third-order valence-corrected chi connectivity index (χ3v) is 8.08. The maximum Gasteiger partial charge on any atom is 0.243 e. The summed E-state index contributed by atoms with van der Waals surface area (Å²) in [5.41, 5.74) is 5.02. The van der Waals surface area contributed by atoms with Crippen molar-refractivity contribution in [2.75, 3.05) is 17.1 Å². The lowest BCUT2D eigenvalue weighted by Gasteiger charge is -2.34. The van der Waals surface area contributed by atoms with E-state index in [1.807, 2.05) is 114 Å².